The van der Waals surface area contributed by atoms with E-state index in [0.717, 1.165) is 8.66 Å². The minimum Gasteiger partial charge on any atom is -0.468 e. The summed E-state index contributed by atoms with van der Waals surface area (Å²) >= 11 is 4.96. The average Bonchev–Trinajstić information content (AvgIpc) is 2.85. The number of thiophene rings is 1. The molecule has 15 heavy (non-hydrogen) atoms. The summed E-state index contributed by atoms with van der Waals surface area (Å²) in [5.41, 5.74) is -0.578. The first-order chi connectivity index (χ1) is 7.19. The van der Waals surface area contributed by atoms with Gasteiger partial charge in [-0.1, -0.05) is 0 Å². The topological polar surface area (TPSA) is 35.5 Å². The highest BCUT2D eigenvalue weighted by Crippen LogP contribution is 2.39. The summed E-state index contributed by atoms with van der Waals surface area (Å²) in [6.07, 6.45) is 0.701. The smallest absolute Gasteiger partial charge is 0.319 e. The lowest BCUT2D eigenvalue weighted by atomic mass is 9.86. The third kappa shape index (κ3) is 1.84. The van der Waals surface area contributed by atoms with Gasteiger partial charge in [-0.2, -0.15) is 0 Å². The molecule has 1 saturated heterocycles. The van der Waals surface area contributed by atoms with Gasteiger partial charge in [-0.25, -0.2) is 0 Å². The molecular weight excluding hydrogens is 280 g/mol. The Kier molecular flexibility index (Phi) is 3.13. The first kappa shape index (κ1) is 11.1. The monoisotopic (exact) mass is 290 g/mol. The maximum atomic E-state index is 11.8. The molecule has 5 heteroatoms. The molecule has 1 unspecified atom stereocenters. The lowest BCUT2D eigenvalue weighted by molar-refractivity contribution is -0.147. The molecule has 1 fully saturated rings. The minimum atomic E-state index is -0.578. The second-order valence-electron chi connectivity index (χ2n) is 3.48. The number of esters is 1. The summed E-state index contributed by atoms with van der Waals surface area (Å²) in [5.74, 6) is -0.200. The van der Waals surface area contributed by atoms with E-state index in [1.165, 1.54) is 7.11 Å². The summed E-state index contributed by atoms with van der Waals surface area (Å²) in [7, 11) is 1.42. The molecule has 0 spiro atoms. The number of methoxy groups -OCH3 is 1. The molecule has 0 saturated carbocycles. The Labute approximate surface area is 101 Å². The van der Waals surface area contributed by atoms with Gasteiger partial charge in [-0.15, -0.1) is 11.3 Å². The van der Waals surface area contributed by atoms with Gasteiger partial charge in [-0.05, 0) is 34.5 Å². The van der Waals surface area contributed by atoms with Crippen molar-refractivity contribution >= 4 is 33.2 Å². The molecule has 3 nitrogen and oxygen atoms in total. The van der Waals surface area contributed by atoms with E-state index >= 15 is 0 Å². The molecule has 1 aromatic heterocycles. The zero-order valence-corrected chi connectivity index (χ0v) is 10.7. The van der Waals surface area contributed by atoms with E-state index in [4.69, 9.17) is 9.47 Å². The van der Waals surface area contributed by atoms with E-state index < -0.39 is 5.41 Å². The molecule has 0 bridgehead atoms. The van der Waals surface area contributed by atoms with Crippen LogP contribution in [-0.2, 0) is 19.7 Å². The van der Waals surface area contributed by atoms with E-state index in [2.05, 4.69) is 15.9 Å². The number of carbonyl (C=O) groups excluding carboxylic acids is 1. The van der Waals surface area contributed by atoms with E-state index in [1.54, 1.807) is 11.3 Å². The van der Waals surface area contributed by atoms with Crippen LogP contribution in [0.3, 0.4) is 0 Å². The van der Waals surface area contributed by atoms with Gasteiger partial charge in [-0.3, -0.25) is 4.79 Å². The fourth-order valence-electron chi connectivity index (χ4n) is 1.79. The Morgan fingerprint density at radius 2 is 2.47 bits per heavy atom. The van der Waals surface area contributed by atoms with Crippen LogP contribution in [0.25, 0.3) is 0 Å². The predicted molar refractivity (Wildman–Crippen MR) is 61.1 cm³/mol. The highest BCUT2D eigenvalue weighted by molar-refractivity contribution is 9.11. The van der Waals surface area contributed by atoms with Gasteiger partial charge in [0.05, 0.1) is 17.5 Å². The molecule has 0 aliphatic carbocycles. The minimum absolute atomic E-state index is 0.200. The Hall–Kier alpha value is -0.390. The third-order valence-electron chi connectivity index (χ3n) is 2.64. The van der Waals surface area contributed by atoms with E-state index in [9.17, 15) is 4.79 Å². The largest absolute Gasteiger partial charge is 0.468 e. The molecule has 0 radical (unpaired) electrons. The van der Waals surface area contributed by atoms with Gasteiger partial charge in [0.2, 0.25) is 0 Å². The van der Waals surface area contributed by atoms with Crippen LogP contribution in [0.2, 0.25) is 0 Å². The number of ether oxygens (including phenoxy) is 2. The Morgan fingerprint density at radius 3 is 2.93 bits per heavy atom. The summed E-state index contributed by atoms with van der Waals surface area (Å²) < 4.78 is 11.2. The molecule has 1 aliphatic rings. The maximum absolute atomic E-state index is 11.8. The number of carbonyl (C=O) groups is 1. The van der Waals surface area contributed by atoms with Crippen molar-refractivity contribution < 1.29 is 14.3 Å². The summed E-state index contributed by atoms with van der Waals surface area (Å²) in [6, 6.07) is 3.91. The molecule has 2 heterocycles. The Bertz CT molecular complexity index is 368. The molecule has 1 atom stereocenters. The Morgan fingerprint density at radius 1 is 1.67 bits per heavy atom. The van der Waals surface area contributed by atoms with Crippen molar-refractivity contribution in [2.75, 3.05) is 20.3 Å². The maximum Gasteiger partial charge on any atom is 0.319 e. The van der Waals surface area contributed by atoms with E-state index in [-0.39, 0.29) is 5.97 Å². The van der Waals surface area contributed by atoms with Crippen molar-refractivity contribution in [1.82, 2.24) is 0 Å². The number of hydrogen-bond acceptors (Lipinski definition) is 4. The second kappa shape index (κ2) is 4.23. The van der Waals surface area contributed by atoms with Gasteiger partial charge < -0.3 is 9.47 Å². The van der Waals surface area contributed by atoms with Gasteiger partial charge in [0, 0.05) is 11.5 Å². The van der Waals surface area contributed by atoms with Crippen molar-refractivity contribution in [2.24, 2.45) is 0 Å². The highest BCUT2D eigenvalue weighted by atomic mass is 79.9. The van der Waals surface area contributed by atoms with Crippen LogP contribution in [0.5, 0.6) is 0 Å². The van der Waals surface area contributed by atoms with Crippen LogP contribution in [0, 0.1) is 0 Å². The average molecular weight is 291 g/mol. The summed E-state index contributed by atoms with van der Waals surface area (Å²) in [4.78, 5) is 12.8. The SMILES string of the molecule is COC(=O)C1(c2ccc(Br)s2)CCOC1. The van der Waals surface area contributed by atoms with Crippen molar-refractivity contribution in [3.63, 3.8) is 0 Å². The molecule has 1 aromatic rings. The van der Waals surface area contributed by atoms with Crippen LogP contribution in [-0.4, -0.2) is 26.3 Å². The van der Waals surface area contributed by atoms with Crippen LogP contribution >= 0.6 is 27.3 Å². The lowest BCUT2D eigenvalue weighted by Crippen LogP contribution is -2.36. The first-order valence-corrected chi connectivity index (χ1v) is 6.22. The molecule has 0 N–H and O–H groups in total. The number of rotatable bonds is 2. The number of hydrogen-bond donors (Lipinski definition) is 0. The zero-order chi connectivity index (χ0) is 10.9. The highest BCUT2D eigenvalue weighted by Gasteiger charge is 2.46. The molecule has 82 valence electrons. The quantitative estimate of drug-likeness (QED) is 0.785. The predicted octanol–water partition coefficient (Wildman–Crippen LogP) is 2.34. The molecule has 2 rings (SSSR count). The molecule has 1 aliphatic heterocycles. The molecular formula is C10H11BrO3S. The Balaban J connectivity index is 2.38. The lowest BCUT2D eigenvalue weighted by Gasteiger charge is -2.22. The standard InChI is InChI=1S/C10H11BrO3S/c1-13-9(12)10(4-5-14-6-10)7-2-3-8(11)15-7/h2-3H,4-6H2,1H3. The van der Waals surface area contributed by atoms with Crippen molar-refractivity contribution in [2.45, 2.75) is 11.8 Å². The van der Waals surface area contributed by atoms with Gasteiger partial charge in [0.1, 0.15) is 5.41 Å². The van der Waals surface area contributed by atoms with E-state index in [0.29, 0.717) is 19.6 Å². The van der Waals surface area contributed by atoms with Crippen molar-refractivity contribution in [3.8, 4) is 0 Å². The van der Waals surface area contributed by atoms with Crippen LogP contribution < -0.4 is 0 Å². The second-order valence-corrected chi connectivity index (χ2v) is 5.94. The van der Waals surface area contributed by atoms with Gasteiger partial charge in [0.25, 0.3) is 0 Å². The number of halogens is 1. The third-order valence-corrected chi connectivity index (χ3v) is 4.47. The van der Waals surface area contributed by atoms with Crippen LogP contribution in [0.4, 0.5) is 0 Å². The van der Waals surface area contributed by atoms with Crippen LogP contribution in [0.1, 0.15) is 11.3 Å². The first-order valence-electron chi connectivity index (χ1n) is 4.61. The van der Waals surface area contributed by atoms with Crippen molar-refractivity contribution in [3.05, 3.63) is 20.8 Å². The van der Waals surface area contributed by atoms with Crippen molar-refractivity contribution in [1.29, 1.82) is 0 Å². The molecule has 0 aromatic carbocycles. The van der Waals surface area contributed by atoms with Gasteiger partial charge in [0.15, 0.2) is 0 Å². The summed E-state index contributed by atoms with van der Waals surface area (Å²) in [5, 5.41) is 0. The zero-order valence-electron chi connectivity index (χ0n) is 8.29. The van der Waals surface area contributed by atoms with E-state index in [1.807, 2.05) is 12.1 Å². The molecule has 0 amide bonds. The van der Waals surface area contributed by atoms with Crippen LogP contribution in [0.15, 0.2) is 15.9 Å². The fraction of sp³-hybridized carbons (Fsp3) is 0.500. The van der Waals surface area contributed by atoms with Gasteiger partial charge >= 0.3 is 5.97 Å². The fourth-order valence-corrected chi connectivity index (χ4v) is 3.37. The summed E-state index contributed by atoms with van der Waals surface area (Å²) in [6.45, 7) is 1.04. The normalized spacial score (nSPS) is 25.5.